The topological polar surface area (TPSA) is 43.6 Å². The molecule has 0 N–H and O–H groups in total. The predicted molar refractivity (Wildman–Crippen MR) is 48.5 cm³/mol. The van der Waals surface area contributed by atoms with Gasteiger partial charge in [0.2, 0.25) is 5.82 Å². The number of hydrogen-bond donors (Lipinski definition) is 0. The highest BCUT2D eigenvalue weighted by molar-refractivity contribution is 5.25. The average molecular weight is 192 g/mol. The fourth-order valence-corrected chi connectivity index (χ4v) is 1.14. The summed E-state index contributed by atoms with van der Waals surface area (Å²) in [4.78, 5) is 5.12. The number of pyridine rings is 1. The predicted octanol–water partition coefficient (Wildman–Crippen LogP) is 1.36. The molecule has 5 heteroatoms. The molecule has 14 heavy (non-hydrogen) atoms. The molecule has 0 aromatic carbocycles. The highest BCUT2D eigenvalue weighted by Gasteiger charge is 2.07. The van der Waals surface area contributed by atoms with Gasteiger partial charge < -0.3 is 0 Å². The van der Waals surface area contributed by atoms with Gasteiger partial charge in [0.05, 0.1) is 12.4 Å². The molecule has 0 radical (unpaired) electrons. The van der Waals surface area contributed by atoms with Gasteiger partial charge in [0.15, 0.2) is 5.82 Å². The number of nitrogens with zero attached hydrogens (tertiary/aromatic N) is 4. The van der Waals surface area contributed by atoms with Crippen molar-refractivity contribution in [2.24, 2.45) is 0 Å². The van der Waals surface area contributed by atoms with Crippen LogP contribution in [0.2, 0.25) is 0 Å². The lowest BCUT2D eigenvalue weighted by Gasteiger charge is -2.01. The summed E-state index contributed by atoms with van der Waals surface area (Å²) in [6.07, 6.45) is 5.35. The van der Waals surface area contributed by atoms with Crippen molar-refractivity contribution < 1.29 is 4.39 Å². The third kappa shape index (κ3) is 1.48. The third-order valence-corrected chi connectivity index (χ3v) is 1.89. The lowest BCUT2D eigenvalue weighted by molar-refractivity contribution is 0.581. The van der Waals surface area contributed by atoms with E-state index in [0.29, 0.717) is 0 Å². The van der Waals surface area contributed by atoms with Crippen LogP contribution in [-0.4, -0.2) is 20.0 Å². The molecule has 2 aromatic rings. The monoisotopic (exact) mass is 192 g/mol. The molecule has 2 rings (SSSR count). The molecule has 0 atom stereocenters. The first kappa shape index (κ1) is 8.80. The number of aromatic nitrogens is 4. The molecule has 0 saturated carbocycles. The van der Waals surface area contributed by atoms with Crippen LogP contribution in [0.25, 0.3) is 5.82 Å². The van der Waals surface area contributed by atoms with Crippen molar-refractivity contribution in [1.29, 1.82) is 0 Å². The van der Waals surface area contributed by atoms with Gasteiger partial charge >= 0.3 is 0 Å². The largest absolute Gasteiger partial charge is 0.233 e. The molecule has 2 aromatic heterocycles. The van der Waals surface area contributed by atoms with Crippen molar-refractivity contribution in [3.8, 4) is 5.82 Å². The van der Waals surface area contributed by atoms with Crippen molar-refractivity contribution >= 4 is 0 Å². The molecule has 0 aliphatic rings. The second kappa shape index (κ2) is 3.53. The van der Waals surface area contributed by atoms with Gasteiger partial charge in [-0.1, -0.05) is 6.92 Å². The van der Waals surface area contributed by atoms with Gasteiger partial charge in [-0.05, 0) is 18.1 Å². The molecule has 2 heterocycles. The molecule has 0 aliphatic heterocycles. The van der Waals surface area contributed by atoms with Crippen molar-refractivity contribution in [2.75, 3.05) is 0 Å². The van der Waals surface area contributed by atoms with Crippen LogP contribution in [0.1, 0.15) is 12.5 Å². The summed E-state index contributed by atoms with van der Waals surface area (Å²) in [6.45, 7) is 1.95. The lowest BCUT2D eigenvalue weighted by atomic mass is 10.2. The molecule has 0 fully saturated rings. The van der Waals surface area contributed by atoms with Crippen LogP contribution in [0.15, 0.2) is 24.7 Å². The minimum absolute atomic E-state index is 0.132. The molecule has 0 unspecified atom stereocenters. The molecular weight excluding hydrogens is 183 g/mol. The summed E-state index contributed by atoms with van der Waals surface area (Å²) in [5.74, 6) is -0.271. The first-order chi connectivity index (χ1) is 6.81. The van der Waals surface area contributed by atoms with E-state index in [1.807, 2.05) is 6.92 Å². The van der Waals surface area contributed by atoms with Gasteiger partial charge in [0, 0.05) is 6.20 Å². The quantitative estimate of drug-likeness (QED) is 0.721. The Hall–Kier alpha value is -1.78. The Bertz CT molecular complexity index is 424. The average Bonchev–Trinajstić information content (AvgIpc) is 2.70. The number of rotatable bonds is 2. The maximum atomic E-state index is 13.4. The minimum atomic E-state index is -0.402. The van der Waals surface area contributed by atoms with Crippen molar-refractivity contribution in [2.45, 2.75) is 13.3 Å². The van der Waals surface area contributed by atoms with Gasteiger partial charge in [-0.3, -0.25) is 0 Å². The first-order valence-electron chi connectivity index (χ1n) is 4.32. The van der Waals surface area contributed by atoms with E-state index in [1.54, 1.807) is 6.20 Å². The summed E-state index contributed by atoms with van der Waals surface area (Å²) in [5, 5.41) is 7.61. The van der Waals surface area contributed by atoms with Crippen molar-refractivity contribution in [3.05, 3.63) is 36.0 Å². The maximum Gasteiger partial charge on any atom is 0.210 e. The molecule has 72 valence electrons. The Labute approximate surface area is 80.4 Å². The Kier molecular flexibility index (Phi) is 2.22. The number of halogens is 1. The summed E-state index contributed by atoms with van der Waals surface area (Å²) in [6, 6.07) is 1.45. The molecular formula is C9H9FN4. The molecule has 0 amide bonds. The van der Waals surface area contributed by atoms with Crippen LogP contribution < -0.4 is 0 Å². The van der Waals surface area contributed by atoms with Crippen LogP contribution in [0.3, 0.4) is 0 Å². The fourth-order valence-electron chi connectivity index (χ4n) is 1.14. The summed E-state index contributed by atoms with van der Waals surface area (Å²) in [5.41, 5.74) is 0.860. The standard InChI is InChI=1S/C9H9FN4/c1-2-7-5-8(10)9(11-6-7)14-12-3-4-13-14/h3-6H,2H2,1H3. The Morgan fingerprint density at radius 1 is 1.36 bits per heavy atom. The molecule has 0 aliphatic carbocycles. The minimum Gasteiger partial charge on any atom is -0.233 e. The number of hydrogen-bond acceptors (Lipinski definition) is 3. The van der Waals surface area contributed by atoms with E-state index in [2.05, 4.69) is 15.2 Å². The molecule has 4 nitrogen and oxygen atoms in total. The van der Waals surface area contributed by atoms with Gasteiger partial charge in [0.25, 0.3) is 0 Å². The zero-order chi connectivity index (χ0) is 9.97. The summed E-state index contributed by atoms with van der Waals surface area (Å²) < 4.78 is 13.4. The second-order valence-electron chi connectivity index (χ2n) is 2.82. The first-order valence-corrected chi connectivity index (χ1v) is 4.32. The van der Waals surface area contributed by atoms with E-state index in [1.165, 1.54) is 18.5 Å². The zero-order valence-electron chi connectivity index (χ0n) is 7.68. The van der Waals surface area contributed by atoms with E-state index in [0.717, 1.165) is 16.8 Å². The van der Waals surface area contributed by atoms with Crippen LogP contribution in [-0.2, 0) is 6.42 Å². The van der Waals surface area contributed by atoms with Crippen LogP contribution in [0.4, 0.5) is 4.39 Å². The van der Waals surface area contributed by atoms with E-state index >= 15 is 0 Å². The van der Waals surface area contributed by atoms with Gasteiger partial charge in [-0.2, -0.15) is 10.2 Å². The van der Waals surface area contributed by atoms with Gasteiger partial charge in [-0.25, -0.2) is 9.37 Å². The zero-order valence-corrected chi connectivity index (χ0v) is 7.68. The lowest BCUT2D eigenvalue weighted by Crippen LogP contribution is -2.05. The summed E-state index contributed by atoms with van der Waals surface area (Å²) >= 11 is 0. The molecule has 0 bridgehead atoms. The smallest absolute Gasteiger partial charge is 0.210 e. The normalized spacial score (nSPS) is 10.4. The highest BCUT2D eigenvalue weighted by atomic mass is 19.1. The van der Waals surface area contributed by atoms with E-state index < -0.39 is 5.82 Å². The summed E-state index contributed by atoms with van der Waals surface area (Å²) in [7, 11) is 0. The van der Waals surface area contributed by atoms with Gasteiger partial charge in [0.1, 0.15) is 0 Å². The Morgan fingerprint density at radius 3 is 2.64 bits per heavy atom. The van der Waals surface area contributed by atoms with Crippen molar-refractivity contribution in [3.63, 3.8) is 0 Å². The highest BCUT2D eigenvalue weighted by Crippen LogP contribution is 2.09. The maximum absolute atomic E-state index is 13.4. The SMILES string of the molecule is CCc1cnc(-n2nccn2)c(F)c1. The van der Waals surface area contributed by atoms with Crippen LogP contribution >= 0.6 is 0 Å². The van der Waals surface area contributed by atoms with Gasteiger partial charge in [-0.15, -0.1) is 4.80 Å². The Balaban J connectivity index is 2.46. The second-order valence-corrected chi connectivity index (χ2v) is 2.82. The fraction of sp³-hybridized carbons (Fsp3) is 0.222. The third-order valence-electron chi connectivity index (χ3n) is 1.89. The van der Waals surface area contributed by atoms with Crippen LogP contribution in [0.5, 0.6) is 0 Å². The van der Waals surface area contributed by atoms with E-state index in [-0.39, 0.29) is 5.82 Å². The number of aryl methyl sites for hydroxylation is 1. The van der Waals surface area contributed by atoms with Crippen molar-refractivity contribution in [1.82, 2.24) is 20.0 Å². The molecule has 0 spiro atoms. The van der Waals surface area contributed by atoms with Crippen LogP contribution in [0, 0.1) is 5.82 Å². The molecule has 0 saturated heterocycles. The van der Waals surface area contributed by atoms with E-state index in [4.69, 9.17) is 0 Å². The van der Waals surface area contributed by atoms with E-state index in [9.17, 15) is 4.39 Å². The Morgan fingerprint density at radius 2 is 2.07 bits per heavy atom.